The average Bonchev–Trinajstić information content (AvgIpc) is 2.99. The number of nitro groups is 2. The van der Waals surface area contributed by atoms with E-state index in [1.165, 1.54) is 36.0 Å². The summed E-state index contributed by atoms with van der Waals surface area (Å²) in [6, 6.07) is 12.2. The van der Waals surface area contributed by atoms with Gasteiger partial charge in [-0.15, -0.1) is 6.58 Å². The van der Waals surface area contributed by atoms with Crippen LogP contribution in [0.2, 0.25) is 0 Å². The summed E-state index contributed by atoms with van der Waals surface area (Å²) in [4.78, 5) is 27.4. The number of hydrogen-bond donors (Lipinski definition) is 0. The molecule has 0 radical (unpaired) electrons. The molecule has 1 atom stereocenters. The molecule has 2 aromatic rings. The molecule has 8 nitrogen and oxygen atoms in total. The molecule has 1 saturated heterocycles. The minimum absolute atomic E-state index is 0.00109. The lowest BCUT2D eigenvalue weighted by molar-refractivity contribution is -0.385. The van der Waals surface area contributed by atoms with Gasteiger partial charge in [0.25, 0.3) is 11.4 Å². The number of anilines is 1. The van der Waals surface area contributed by atoms with Crippen molar-refractivity contribution in [3.8, 4) is 0 Å². The third kappa shape index (κ3) is 3.68. The molecule has 9 heteroatoms. The second kappa shape index (κ2) is 7.20. The van der Waals surface area contributed by atoms with Gasteiger partial charge in [-0.2, -0.15) is 0 Å². The van der Waals surface area contributed by atoms with Crippen LogP contribution in [0.3, 0.4) is 0 Å². The zero-order chi connectivity index (χ0) is 19.6. The van der Waals surface area contributed by atoms with Gasteiger partial charge in [0.15, 0.2) is 5.17 Å². The fraction of sp³-hybridized carbons (Fsp3) is 0.167. The van der Waals surface area contributed by atoms with E-state index in [-0.39, 0.29) is 11.4 Å². The van der Waals surface area contributed by atoms with E-state index in [1.807, 2.05) is 17.9 Å². The first-order valence-corrected chi connectivity index (χ1v) is 8.97. The quantitative estimate of drug-likeness (QED) is 0.421. The Labute approximate surface area is 159 Å². The highest BCUT2D eigenvalue weighted by atomic mass is 32.2. The van der Waals surface area contributed by atoms with E-state index < -0.39 is 15.4 Å². The molecule has 1 unspecified atom stereocenters. The highest BCUT2D eigenvalue weighted by Gasteiger charge is 2.39. The summed E-state index contributed by atoms with van der Waals surface area (Å²) in [6.45, 7) is 5.92. The number of non-ortho nitro benzene ring substituents is 2. The van der Waals surface area contributed by atoms with Crippen LogP contribution >= 0.6 is 11.8 Å². The third-order valence-corrected chi connectivity index (χ3v) is 5.50. The fourth-order valence-electron chi connectivity index (χ4n) is 2.68. The predicted molar refractivity (Wildman–Crippen MR) is 107 cm³/mol. The molecule has 0 bridgehead atoms. The van der Waals surface area contributed by atoms with Gasteiger partial charge in [-0.05, 0) is 31.2 Å². The molecular formula is C18H16N4O4S. The van der Waals surface area contributed by atoms with Crippen LogP contribution in [-0.4, -0.2) is 26.3 Å². The second-order valence-corrected chi connectivity index (χ2v) is 7.07. The van der Waals surface area contributed by atoms with E-state index in [0.29, 0.717) is 16.6 Å². The Morgan fingerprint density at radius 3 is 2.07 bits per heavy atom. The van der Waals surface area contributed by atoms with Crippen LogP contribution in [0.15, 0.2) is 66.2 Å². The molecule has 0 aliphatic carbocycles. The van der Waals surface area contributed by atoms with Gasteiger partial charge >= 0.3 is 0 Å². The number of rotatable bonds is 5. The van der Waals surface area contributed by atoms with Crippen molar-refractivity contribution in [1.82, 2.24) is 0 Å². The molecule has 0 N–H and O–H groups in total. The van der Waals surface area contributed by atoms with Crippen molar-refractivity contribution in [3.63, 3.8) is 0 Å². The summed E-state index contributed by atoms with van der Waals surface area (Å²) in [5.74, 6) is 0.708. The third-order valence-electron chi connectivity index (χ3n) is 4.24. The van der Waals surface area contributed by atoms with Crippen LogP contribution in [0.4, 0.5) is 22.7 Å². The monoisotopic (exact) mass is 384 g/mol. The summed E-state index contributed by atoms with van der Waals surface area (Å²) in [5, 5.41) is 22.4. The lowest BCUT2D eigenvalue weighted by Crippen LogP contribution is -2.43. The van der Waals surface area contributed by atoms with E-state index in [2.05, 4.69) is 11.6 Å². The second-order valence-electron chi connectivity index (χ2n) is 6.13. The van der Waals surface area contributed by atoms with Crippen LogP contribution in [0.1, 0.15) is 6.92 Å². The topological polar surface area (TPSA) is 102 Å². The van der Waals surface area contributed by atoms with Gasteiger partial charge in [-0.1, -0.05) is 17.8 Å². The Morgan fingerprint density at radius 2 is 1.59 bits per heavy atom. The zero-order valence-corrected chi connectivity index (χ0v) is 15.3. The highest BCUT2D eigenvalue weighted by Crippen LogP contribution is 2.39. The van der Waals surface area contributed by atoms with Crippen LogP contribution in [0, 0.1) is 20.2 Å². The van der Waals surface area contributed by atoms with Crippen molar-refractivity contribution in [2.45, 2.75) is 12.5 Å². The minimum Gasteiger partial charge on any atom is -0.311 e. The maximum absolute atomic E-state index is 10.9. The van der Waals surface area contributed by atoms with E-state index in [0.717, 1.165) is 5.69 Å². The van der Waals surface area contributed by atoms with Crippen LogP contribution in [-0.2, 0) is 0 Å². The van der Waals surface area contributed by atoms with Crippen molar-refractivity contribution in [2.75, 3.05) is 10.7 Å². The predicted octanol–water partition coefficient (Wildman–Crippen LogP) is 4.69. The minimum atomic E-state index is -0.459. The first-order valence-electron chi connectivity index (χ1n) is 7.98. The van der Waals surface area contributed by atoms with Crippen molar-refractivity contribution >= 4 is 39.7 Å². The summed E-state index contributed by atoms with van der Waals surface area (Å²) in [7, 11) is 0. The highest BCUT2D eigenvalue weighted by molar-refractivity contribution is 8.14. The van der Waals surface area contributed by atoms with Crippen molar-refractivity contribution in [3.05, 3.63) is 81.4 Å². The number of hydrogen-bond acceptors (Lipinski definition) is 6. The standard InChI is InChI=1S/C18H16N4O4S/c1-3-18(2)12-27-17(19-13-4-6-15(7-5-13)21(23)24)20(18)14-8-10-16(11-9-14)22(25)26/h3-11H,1,12H2,2H3. The summed E-state index contributed by atoms with van der Waals surface area (Å²) >= 11 is 1.53. The van der Waals surface area contributed by atoms with E-state index in [9.17, 15) is 20.2 Å². The van der Waals surface area contributed by atoms with E-state index in [1.54, 1.807) is 24.3 Å². The molecule has 1 aliphatic rings. The Morgan fingerprint density at radius 1 is 1.07 bits per heavy atom. The molecule has 3 rings (SSSR count). The lowest BCUT2D eigenvalue weighted by atomic mass is 10.0. The number of nitro benzene ring substituents is 2. The van der Waals surface area contributed by atoms with Gasteiger partial charge in [-0.3, -0.25) is 20.2 Å². The van der Waals surface area contributed by atoms with Crippen LogP contribution < -0.4 is 4.90 Å². The number of aliphatic imine (C=N–C) groups is 1. The molecule has 1 aliphatic heterocycles. The number of amidine groups is 1. The lowest BCUT2D eigenvalue weighted by Gasteiger charge is -2.33. The number of thioether (sulfide) groups is 1. The normalized spacial score (nSPS) is 20.6. The Hall–Kier alpha value is -3.20. The maximum Gasteiger partial charge on any atom is 0.269 e. The molecule has 0 aromatic heterocycles. The van der Waals surface area contributed by atoms with Gasteiger partial charge in [0, 0.05) is 35.7 Å². The molecule has 27 heavy (non-hydrogen) atoms. The van der Waals surface area contributed by atoms with Crippen LogP contribution in [0.5, 0.6) is 0 Å². The molecule has 2 aromatic carbocycles. The molecule has 1 heterocycles. The summed E-state index contributed by atoms with van der Waals surface area (Å²) < 4.78 is 0. The Balaban J connectivity index is 1.99. The first-order chi connectivity index (χ1) is 12.8. The summed E-state index contributed by atoms with van der Waals surface area (Å²) in [6.07, 6.45) is 1.82. The van der Waals surface area contributed by atoms with Crippen molar-refractivity contribution in [2.24, 2.45) is 4.99 Å². The number of benzene rings is 2. The van der Waals surface area contributed by atoms with Crippen LogP contribution in [0.25, 0.3) is 0 Å². The summed E-state index contributed by atoms with van der Waals surface area (Å²) in [5.41, 5.74) is 0.943. The largest absolute Gasteiger partial charge is 0.311 e. The fourth-order valence-corrected chi connectivity index (χ4v) is 3.96. The molecule has 0 amide bonds. The van der Waals surface area contributed by atoms with Crippen molar-refractivity contribution in [1.29, 1.82) is 0 Å². The van der Waals surface area contributed by atoms with Gasteiger partial charge < -0.3 is 4.90 Å². The first kappa shape index (κ1) is 18.6. The SMILES string of the molecule is C=CC1(C)CSC(=Nc2ccc([N+](=O)[O-])cc2)N1c1ccc([N+](=O)[O-])cc1. The average molecular weight is 384 g/mol. The van der Waals surface area contributed by atoms with E-state index in [4.69, 9.17) is 0 Å². The Kier molecular flexibility index (Phi) is 4.95. The number of nitrogens with zero attached hydrogens (tertiary/aromatic N) is 4. The van der Waals surface area contributed by atoms with Gasteiger partial charge in [0.05, 0.1) is 21.1 Å². The molecular weight excluding hydrogens is 368 g/mol. The van der Waals surface area contributed by atoms with Gasteiger partial charge in [0.2, 0.25) is 0 Å². The van der Waals surface area contributed by atoms with Gasteiger partial charge in [-0.25, -0.2) is 4.99 Å². The maximum atomic E-state index is 10.9. The smallest absolute Gasteiger partial charge is 0.269 e. The molecule has 0 saturated carbocycles. The molecule has 138 valence electrons. The Bertz CT molecular complexity index is 927. The van der Waals surface area contributed by atoms with Crippen molar-refractivity contribution < 1.29 is 9.85 Å². The van der Waals surface area contributed by atoms with E-state index >= 15 is 0 Å². The van der Waals surface area contributed by atoms with Gasteiger partial charge in [0.1, 0.15) is 0 Å². The zero-order valence-electron chi connectivity index (χ0n) is 14.4. The molecule has 0 spiro atoms. The molecule has 1 fully saturated rings.